The van der Waals surface area contributed by atoms with E-state index in [0.29, 0.717) is 48.9 Å². The molecular weight excluding hydrogens is 410 g/mol. The number of hydrogen-bond acceptors (Lipinski definition) is 6. The lowest BCUT2D eigenvalue weighted by Gasteiger charge is -2.35. The Kier molecular flexibility index (Phi) is 6.81. The van der Waals surface area contributed by atoms with E-state index in [1.807, 2.05) is 25.1 Å². The number of ketones is 1. The summed E-state index contributed by atoms with van der Waals surface area (Å²) in [6.45, 7) is 5.13. The van der Waals surface area contributed by atoms with Gasteiger partial charge in [-0.3, -0.25) is 14.5 Å². The third kappa shape index (κ3) is 4.38. The Labute approximate surface area is 188 Å². The Bertz CT molecular complexity index is 994. The van der Waals surface area contributed by atoms with Gasteiger partial charge in [-0.05, 0) is 43.0 Å². The number of morpholine rings is 1. The summed E-state index contributed by atoms with van der Waals surface area (Å²) >= 11 is 0. The van der Waals surface area contributed by atoms with Crippen LogP contribution in [0, 0.1) is 6.92 Å². The smallest absolute Gasteiger partial charge is 0.268 e. The van der Waals surface area contributed by atoms with Crippen LogP contribution in [0.3, 0.4) is 0 Å². The van der Waals surface area contributed by atoms with E-state index in [1.54, 1.807) is 14.2 Å². The first-order valence-corrected chi connectivity index (χ1v) is 11.1. The van der Waals surface area contributed by atoms with Gasteiger partial charge in [0, 0.05) is 37.3 Å². The fourth-order valence-corrected chi connectivity index (χ4v) is 4.69. The number of nitrogens with zero attached hydrogens (tertiary/aromatic N) is 1. The van der Waals surface area contributed by atoms with Gasteiger partial charge in [0.05, 0.1) is 33.5 Å². The number of carbonyl (C=O) groups is 2. The first kappa shape index (κ1) is 22.4. The molecule has 0 radical (unpaired) electrons. The molecular formula is C24H31N3O5. The molecule has 1 aromatic heterocycles. The number of Topliss-reactive ketones (excluding diaryl/α,β-unsaturated/α-hetero) is 1. The molecule has 1 saturated heterocycles. The van der Waals surface area contributed by atoms with Crippen LogP contribution < -0.4 is 14.8 Å². The van der Waals surface area contributed by atoms with Crippen molar-refractivity contribution in [3.8, 4) is 11.5 Å². The Morgan fingerprint density at radius 3 is 2.62 bits per heavy atom. The van der Waals surface area contributed by atoms with Gasteiger partial charge in [0.15, 0.2) is 17.3 Å². The summed E-state index contributed by atoms with van der Waals surface area (Å²) in [7, 11) is 3.23. The van der Waals surface area contributed by atoms with Crippen molar-refractivity contribution in [1.82, 2.24) is 15.2 Å². The number of aromatic nitrogens is 1. The minimum absolute atomic E-state index is 0.0471. The molecule has 2 aliphatic rings. The normalized spacial score (nSPS) is 17.5. The molecule has 1 aromatic carbocycles. The average Bonchev–Trinajstić information content (AvgIpc) is 3.17. The van der Waals surface area contributed by atoms with Crippen LogP contribution in [-0.2, 0) is 11.2 Å². The second-order valence-corrected chi connectivity index (χ2v) is 8.24. The molecule has 1 aliphatic heterocycles. The molecule has 2 heterocycles. The van der Waals surface area contributed by atoms with Gasteiger partial charge in [-0.1, -0.05) is 6.07 Å². The largest absolute Gasteiger partial charge is 0.493 e. The molecule has 8 nitrogen and oxygen atoms in total. The summed E-state index contributed by atoms with van der Waals surface area (Å²) in [5, 5.41) is 3.09. The van der Waals surface area contributed by atoms with E-state index in [2.05, 4.69) is 15.2 Å². The highest BCUT2D eigenvalue weighted by Gasteiger charge is 2.28. The van der Waals surface area contributed by atoms with Crippen molar-refractivity contribution < 1.29 is 23.8 Å². The SMILES string of the molecule is COc1ccc([C@H](CNC(=O)c2[nH]c3c(c2C)C(=O)CCC3)N2CCOCC2)cc1OC. The zero-order valence-corrected chi connectivity index (χ0v) is 19.0. The quantitative estimate of drug-likeness (QED) is 0.686. The predicted octanol–water partition coefficient (Wildman–Crippen LogP) is 2.66. The highest BCUT2D eigenvalue weighted by molar-refractivity contribution is 6.04. The molecule has 172 valence electrons. The summed E-state index contributed by atoms with van der Waals surface area (Å²) in [6, 6.07) is 5.81. The molecule has 4 rings (SSSR count). The van der Waals surface area contributed by atoms with Crippen molar-refractivity contribution in [3.63, 3.8) is 0 Å². The molecule has 2 N–H and O–H groups in total. The summed E-state index contributed by atoms with van der Waals surface area (Å²) in [5.41, 5.74) is 3.84. The highest BCUT2D eigenvalue weighted by Crippen LogP contribution is 2.32. The molecule has 0 saturated carbocycles. The molecule has 0 spiro atoms. The monoisotopic (exact) mass is 441 g/mol. The Hall–Kier alpha value is -2.84. The zero-order chi connectivity index (χ0) is 22.7. The number of ether oxygens (including phenoxy) is 3. The molecule has 0 unspecified atom stereocenters. The molecule has 1 aliphatic carbocycles. The molecule has 2 aromatic rings. The molecule has 1 amide bonds. The molecule has 32 heavy (non-hydrogen) atoms. The van der Waals surface area contributed by atoms with Crippen LogP contribution in [0.2, 0.25) is 0 Å². The van der Waals surface area contributed by atoms with Gasteiger partial charge in [0.2, 0.25) is 0 Å². The van der Waals surface area contributed by atoms with Crippen LogP contribution in [0.15, 0.2) is 18.2 Å². The Morgan fingerprint density at radius 1 is 1.19 bits per heavy atom. The van der Waals surface area contributed by atoms with Crippen LogP contribution in [-0.4, -0.2) is 68.6 Å². The van der Waals surface area contributed by atoms with Crippen molar-refractivity contribution in [2.75, 3.05) is 47.1 Å². The van der Waals surface area contributed by atoms with Crippen molar-refractivity contribution in [2.24, 2.45) is 0 Å². The standard InChI is InChI=1S/C24H31N3O5/c1-15-22-17(5-4-6-19(22)28)26-23(15)24(29)25-14-18(27-9-11-32-12-10-27)16-7-8-20(30-2)21(13-16)31-3/h7-8,13,18,26H,4-6,9-12,14H2,1-3H3,(H,25,29)/t18-/m0/s1. The van der Waals surface area contributed by atoms with Crippen LogP contribution >= 0.6 is 0 Å². The number of rotatable bonds is 7. The highest BCUT2D eigenvalue weighted by atomic mass is 16.5. The van der Waals surface area contributed by atoms with Crippen LogP contribution in [0.5, 0.6) is 11.5 Å². The lowest BCUT2D eigenvalue weighted by Crippen LogP contribution is -2.44. The third-order valence-electron chi connectivity index (χ3n) is 6.40. The first-order chi connectivity index (χ1) is 15.5. The number of benzene rings is 1. The molecule has 0 bridgehead atoms. The number of methoxy groups -OCH3 is 2. The fraction of sp³-hybridized carbons (Fsp3) is 0.500. The third-order valence-corrected chi connectivity index (χ3v) is 6.40. The van der Waals surface area contributed by atoms with Crippen LogP contribution in [0.25, 0.3) is 0 Å². The Balaban J connectivity index is 1.56. The number of hydrogen-bond donors (Lipinski definition) is 2. The molecule has 1 atom stereocenters. The molecule has 1 fully saturated rings. The number of nitrogens with one attached hydrogen (secondary N) is 2. The topological polar surface area (TPSA) is 92.9 Å². The number of carbonyl (C=O) groups excluding carboxylic acids is 2. The van der Waals surface area contributed by atoms with Gasteiger partial charge in [-0.2, -0.15) is 0 Å². The maximum absolute atomic E-state index is 13.1. The Morgan fingerprint density at radius 2 is 1.94 bits per heavy atom. The minimum Gasteiger partial charge on any atom is -0.493 e. The van der Waals surface area contributed by atoms with E-state index in [0.717, 1.165) is 42.8 Å². The maximum atomic E-state index is 13.1. The van der Waals surface area contributed by atoms with Crippen molar-refractivity contribution >= 4 is 11.7 Å². The summed E-state index contributed by atoms with van der Waals surface area (Å²) in [5.74, 6) is 1.25. The summed E-state index contributed by atoms with van der Waals surface area (Å²) < 4.78 is 16.4. The average molecular weight is 442 g/mol. The zero-order valence-electron chi connectivity index (χ0n) is 19.0. The van der Waals surface area contributed by atoms with Gasteiger partial charge in [-0.15, -0.1) is 0 Å². The van der Waals surface area contributed by atoms with E-state index in [9.17, 15) is 9.59 Å². The molecule has 8 heteroatoms. The van der Waals surface area contributed by atoms with Gasteiger partial charge < -0.3 is 24.5 Å². The second-order valence-electron chi connectivity index (χ2n) is 8.24. The van der Waals surface area contributed by atoms with E-state index in [4.69, 9.17) is 14.2 Å². The number of aromatic amines is 1. The van der Waals surface area contributed by atoms with Gasteiger partial charge in [0.1, 0.15) is 5.69 Å². The van der Waals surface area contributed by atoms with Crippen LogP contribution in [0.4, 0.5) is 0 Å². The number of aryl methyl sites for hydroxylation is 1. The lowest BCUT2D eigenvalue weighted by atomic mass is 9.94. The number of amides is 1. The van der Waals surface area contributed by atoms with E-state index in [1.165, 1.54) is 0 Å². The maximum Gasteiger partial charge on any atom is 0.268 e. The second kappa shape index (κ2) is 9.75. The number of H-pyrrole nitrogens is 1. The van der Waals surface area contributed by atoms with Gasteiger partial charge in [0.25, 0.3) is 5.91 Å². The van der Waals surface area contributed by atoms with Crippen molar-refractivity contribution in [2.45, 2.75) is 32.2 Å². The van der Waals surface area contributed by atoms with E-state index >= 15 is 0 Å². The predicted molar refractivity (Wildman–Crippen MR) is 120 cm³/mol. The summed E-state index contributed by atoms with van der Waals surface area (Å²) in [6.07, 6.45) is 2.17. The fourth-order valence-electron chi connectivity index (χ4n) is 4.69. The number of fused-ring (bicyclic) bond motifs is 1. The van der Waals surface area contributed by atoms with Crippen LogP contribution in [0.1, 0.15) is 56.6 Å². The summed E-state index contributed by atoms with van der Waals surface area (Å²) in [4.78, 5) is 30.9. The van der Waals surface area contributed by atoms with Crippen molar-refractivity contribution in [3.05, 3.63) is 46.3 Å². The first-order valence-electron chi connectivity index (χ1n) is 11.1. The minimum atomic E-state index is -0.191. The lowest BCUT2D eigenvalue weighted by molar-refractivity contribution is 0.0161. The van der Waals surface area contributed by atoms with Crippen molar-refractivity contribution in [1.29, 1.82) is 0 Å². The van der Waals surface area contributed by atoms with Gasteiger partial charge >= 0.3 is 0 Å². The van der Waals surface area contributed by atoms with Gasteiger partial charge in [-0.25, -0.2) is 0 Å². The van der Waals surface area contributed by atoms with E-state index < -0.39 is 0 Å². The van der Waals surface area contributed by atoms with E-state index in [-0.39, 0.29) is 17.7 Å².